The normalized spacial score (nSPS) is 11.5. The number of aromatic amines is 1. The molecule has 0 aliphatic heterocycles. The van der Waals surface area contributed by atoms with E-state index in [-0.39, 0.29) is 12.5 Å². The van der Waals surface area contributed by atoms with Crippen molar-refractivity contribution < 1.29 is 9.53 Å². The number of nitriles is 1. The maximum atomic E-state index is 12.4. The van der Waals surface area contributed by atoms with Gasteiger partial charge in [0, 0.05) is 5.02 Å². The molecule has 1 amide bonds. The van der Waals surface area contributed by atoms with Gasteiger partial charge in [-0.1, -0.05) is 35.5 Å². The topological polar surface area (TPSA) is 104 Å². The van der Waals surface area contributed by atoms with E-state index in [4.69, 9.17) is 21.6 Å². The number of carbonyl (C=O) groups excluding carboxylic acids is 1. The van der Waals surface area contributed by atoms with E-state index in [9.17, 15) is 4.79 Å². The first-order valence-electron chi connectivity index (χ1n) is 8.31. The molecule has 0 aliphatic carbocycles. The largest absolute Gasteiger partial charge is 0.486 e. The van der Waals surface area contributed by atoms with Crippen molar-refractivity contribution in [2.24, 2.45) is 0 Å². The van der Waals surface area contributed by atoms with Gasteiger partial charge in [0.15, 0.2) is 5.82 Å². The highest BCUT2D eigenvalue weighted by atomic mass is 35.5. The van der Waals surface area contributed by atoms with Crippen LogP contribution in [0.2, 0.25) is 5.02 Å². The van der Waals surface area contributed by atoms with Gasteiger partial charge >= 0.3 is 0 Å². The number of hydrogen-bond acceptors (Lipinski definition) is 6. The summed E-state index contributed by atoms with van der Waals surface area (Å²) in [6, 6.07) is 15.9. The minimum absolute atomic E-state index is 0.214. The second-order valence-electron chi connectivity index (χ2n) is 5.71. The molecule has 3 rings (SSSR count). The summed E-state index contributed by atoms with van der Waals surface area (Å²) in [6.07, 6.45) is 0. The fourth-order valence-electron chi connectivity index (χ4n) is 2.21. The van der Waals surface area contributed by atoms with Gasteiger partial charge in [-0.2, -0.15) is 5.26 Å². The van der Waals surface area contributed by atoms with Gasteiger partial charge in [-0.15, -0.1) is 5.10 Å². The average Bonchev–Trinajstić information content (AvgIpc) is 3.15. The minimum Gasteiger partial charge on any atom is -0.486 e. The molecular formula is C19H16ClN5O2S. The maximum Gasteiger partial charge on any atom is 0.237 e. The summed E-state index contributed by atoms with van der Waals surface area (Å²) in [5.41, 5.74) is 0.891. The molecule has 142 valence electrons. The number of benzene rings is 2. The van der Waals surface area contributed by atoms with Crippen molar-refractivity contribution in [3.8, 4) is 11.8 Å². The first-order chi connectivity index (χ1) is 13.5. The second-order valence-corrected chi connectivity index (χ2v) is 7.46. The fraction of sp³-hybridized carbons (Fsp3) is 0.158. The molecule has 0 saturated carbocycles. The van der Waals surface area contributed by atoms with Crippen LogP contribution in [0, 0.1) is 11.3 Å². The zero-order chi connectivity index (χ0) is 19.9. The number of H-pyrrole nitrogens is 1. The smallest absolute Gasteiger partial charge is 0.237 e. The Morgan fingerprint density at radius 2 is 2.07 bits per heavy atom. The summed E-state index contributed by atoms with van der Waals surface area (Å²) in [5, 5.41) is 19.4. The van der Waals surface area contributed by atoms with E-state index in [1.807, 2.05) is 0 Å². The van der Waals surface area contributed by atoms with E-state index in [0.717, 1.165) is 0 Å². The van der Waals surface area contributed by atoms with Crippen molar-refractivity contribution >= 4 is 35.0 Å². The van der Waals surface area contributed by atoms with E-state index in [1.54, 1.807) is 55.5 Å². The summed E-state index contributed by atoms with van der Waals surface area (Å²) in [7, 11) is 0. The monoisotopic (exact) mass is 413 g/mol. The number of nitrogens with zero attached hydrogens (tertiary/aromatic N) is 3. The number of para-hydroxylation sites is 1. The van der Waals surface area contributed by atoms with Gasteiger partial charge in [0.25, 0.3) is 0 Å². The van der Waals surface area contributed by atoms with Crippen LogP contribution in [0.15, 0.2) is 53.7 Å². The second kappa shape index (κ2) is 9.26. The van der Waals surface area contributed by atoms with E-state index in [1.165, 1.54) is 11.8 Å². The number of thioether (sulfide) groups is 1. The third-order valence-electron chi connectivity index (χ3n) is 3.66. The average molecular weight is 414 g/mol. The van der Waals surface area contributed by atoms with E-state index in [0.29, 0.717) is 33.0 Å². The zero-order valence-corrected chi connectivity index (χ0v) is 16.4. The molecule has 1 atom stereocenters. The lowest BCUT2D eigenvalue weighted by Gasteiger charge is -2.11. The van der Waals surface area contributed by atoms with Crippen LogP contribution in [0.3, 0.4) is 0 Å². The molecule has 0 fully saturated rings. The van der Waals surface area contributed by atoms with Crippen molar-refractivity contribution in [2.45, 2.75) is 23.9 Å². The van der Waals surface area contributed by atoms with Crippen molar-refractivity contribution in [1.82, 2.24) is 15.2 Å². The summed E-state index contributed by atoms with van der Waals surface area (Å²) in [5.74, 6) is 0.968. The molecule has 2 aromatic carbocycles. The Kier molecular flexibility index (Phi) is 6.53. The van der Waals surface area contributed by atoms with Crippen LogP contribution in [-0.4, -0.2) is 26.3 Å². The van der Waals surface area contributed by atoms with E-state index >= 15 is 0 Å². The zero-order valence-electron chi connectivity index (χ0n) is 14.8. The highest BCUT2D eigenvalue weighted by Crippen LogP contribution is 2.22. The number of ether oxygens (including phenoxy) is 1. The van der Waals surface area contributed by atoms with Crippen LogP contribution < -0.4 is 10.1 Å². The molecule has 2 N–H and O–H groups in total. The summed E-state index contributed by atoms with van der Waals surface area (Å²) < 4.78 is 5.61. The summed E-state index contributed by atoms with van der Waals surface area (Å²) >= 11 is 7.05. The highest BCUT2D eigenvalue weighted by molar-refractivity contribution is 8.00. The minimum atomic E-state index is -0.451. The number of anilines is 1. The summed E-state index contributed by atoms with van der Waals surface area (Å²) in [4.78, 5) is 16.7. The number of amides is 1. The highest BCUT2D eigenvalue weighted by Gasteiger charge is 2.18. The van der Waals surface area contributed by atoms with Crippen molar-refractivity contribution in [3.05, 3.63) is 64.9 Å². The van der Waals surface area contributed by atoms with Gasteiger partial charge in [-0.3, -0.25) is 9.89 Å². The Bertz CT molecular complexity index is 1000. The molecule has 0 saturated heterocycles. The Morgan fingerprint density at radius 1 is 1.32 bits per heavy atom. The first kappa shape index (κ1) is 19.7. The first-order valence-corrected chi connectivity index (χ1v) is 9.57. The molecule has 1 heterocycles. The Morgan fingerprint density at radius 3 is 2.82 bits per heavy atom. The van der Waals surface area contributed by atoms with Crippen LogP contribution in [0.5, 0.6) is 5.75 Å². The van der Waals surface area contributed by atoms with E-state index < -0.39 is 5.25 Å². The van der Waals surface area contributed by atoms with Crippen molar-refractivity contribution in [1.29, 1.82) is 5.26 Å². The van der Waals surface area contributed by atoms with Crippen LogP contribution in [0.25, 0.3) is 0 Å². The molecule has 0 spiro atoms. The predicted molar refractivity (Wildman–Crippen MR) is 107 cm³/mol. The number of halogens is 1. The van der Waals surface area contributed by atoms with Crippen LogP contribution >= 0.6 is 23.4 Å². The van der Waals surface area contributed by atoms with Crippen molar-refractivity contribution in [2.75, 3.05) is 5.32 Å². The molecule has 9 heteroatoms. The molecule has 1 unspecified atom stereocenters. The molecule has 0 radical (unpaired) electrons. The lowest BCUT2D eigenvalue weighted by Crippen LogP contribution is -2.23. The quantitative estimate of drug-likeness (QED) is 0.567. The fourth-order valence-corrected chi connectivity index (χ4v) is 3.08. The number of hydrogen-bond donors (Lipinski definition) is 2. The van der Waals surface area contributed by atoms with Gasteiger partial charge < -0.3 is 10.1 Å². The summed E-state index contributed by atoms with van der Waals surface area (Å²) in [6.45, 7) is 1.96. The molecule has 0 aliphatic rings. The molecule has 28 heavy (non-hydrogen) atoms. The molecule has 7 nitrogen and oxygen atoms in total. The Hall–Kier alpha value is -3.02. The van der Waals surface area contributed by atoms with Gasteiger partial charge in [0.05, 0.1) is 16.5 Å². The van der Waals surface area contributed by atoms with E-state index in [2.05, 4.69) is 26.6 Å². The predicted octanol–water partition coefficient (Wildman–Crippen LogP) is 4.03. The number of aromatic nitrogens is 3. The third kappa shape index (κ3) is 5.25. The Labute approximate surface area is 171 Å². The van der Waals surface area contributed by atoms with Gasteiger partial charge in [-0.25, -0.2) is 4.98 Å². The van der Waals surface area contributed by atoms with Crippen LogP contribution in [0.4, 0.5) is 5.69 Å². The standard InChI is InChI=1S/C19H16ClN5O2S/c1-12(18(26)22-16-5-3-2-4-13(16)10-21)28-19-23-17(24-25-19)11-27-15-8-6-14(20)7-9-15/h2-9,12H,11H2,1H3,(H,22,26)(H,23,24,25). The molecule has 0 bridgehead atoms. The molecular weight excluding hydrogens is 398 g/mol. The number of rotatable bonds is 7. The van der Waals surface area contributed by atoms with Gasteiger partial charge in [-0.05, 0) is 43.3 Å². The van der Waals surface area contributed by atoms with Crippen LogP contribution in [-0.2, 0) is 11.4 Å². The van der Waals surface area contributed by atoms with Crippen molar-refractivity contribution in [3.63, 3.8) is 0 Å². The number of nitrogens with one attached hydrogen (secondary N) is 2. The maximum absolute atomic E-state index is 12.4. The third-order valence-corrected chi connectivity index (χ3v) is 4.87. The SMILES string of the molecule is CC(Sc1n[nH]c(COc2ccc(Cl)cc2)n1)C(=O)Nc1ccccc1C#N. The molecule has 3 aromatic rings. The van der Waals surface area contributed by atoms with Gasteiger partial charge in [0.2, 0.25) is 11.1 Å². The lowest BCUT2D eigenvalue weighted by molar-refractivity contribution is -0.115. The lowest BCUT2D eigenvalue weighted by atomic mass is 10.2. The van der Waals surface area contributed by atoms with Crippen LogP contribution in [0.1, 0.15) is 18.3 Å². The Balaban J connectivity index is 1.54. The molecule has 1 aromatic heterocycles. The number of carbonyl (C=O) groups is 1. The van der Waals surface area contributed by atoms with Gasteiger partial charge in [0.1, 0.15) is 18.4 Å².